The second-order valence-corrected chi connectivity index (χ2v) is 9.56. The summed E-state index contributed by atoms with van der Waals surface area (Å²) in [7, 11) is -3.18. The molecule has 0 radical (unpaired) electrons. The van der Waals surface area contributed by atoms with Gasteiger partial charge in [0.25, 0.3) is 0 Å². The van der Waals surface area contributed by atoms with Gasteiger partial charge in [-0.15, -0.1) is 0 Å². The maximum atomic E-state index is 12.6. The molecule has 0 amide bonds. The van der Waals surface area contributed by atoms with Crippen molar-refractivity contribution in [1.82, 2.24) is 9.21 Å². The van der Waals surface area contributed by atoms with Gasteiger partial charge in [0.1, 0.15) is 0 Å². The molecule has 1 atom stereocenters. The molecule has 1 unspecified atom stereocenters. The number of benzene rings is 1. The summed E-state index contributed by atoms with van der Waals surface area (Å²) in [6.07, 6.45) is 4.66. The largest absolute Gasteiger partial charge is 0.303 e. The standard InChI is InChI=1S/C19H30N2O2S/c1-17-6-5-11-20(14-17)15-18-9-12-21(13-10-18)24(22,23)16-19-7-3-2-4-8-19/h2-4,7-8,17-18H,5-6,9-16H2,1H3. The van der Waals surface area contributed by atoms with Crippen LogP contribution in [0.4, 0.5) is 0 Å². The highest BCUT2D eigenvalue weighted by Gasteiger charge is 2.29. The zero-order valence-electron chi connectivity index (χ0n) is 14.7. The van der Waals surface area contributed by atoms with Crippen LogP contribution in [-0.2, 0) is 15.8 Å². The maximum absolute atomic E-state index is 12.6. The van der Waals surface area contributed by atoms with Gasteiger partial charge in [0, 0.05) is 26.2 Å². The lowest BCUT2D eigenvalue weighted by molar-refractivity contribution is 0.136. The highest BCUT2D eigenvalue weighted by molar-refractivity contribution is 7.88. The number of sulfonamides is 1. The van der Waals surface area contributed by atoms with E-state index in [0.29, 0.717) is 19.0 Å². The van der Waals surface area contributed by atoms with Crippen molar-refractivity contribution in [1.29, 1.82) is 0 Å². The summed E-state index contributed by atoms with van der Waals surface area (Å²) >= 11 is 0. The first kappa shape index (κ1) is 17.9. The lowest BCUT2D eigenvalue weighted by Gasteiger charge is -2.37. The molecule has 0 saturated carbocycles. The van der Waals surface area contributed by atoms with E-state index in [0.717, 1.165) is 30.9 Å². The number of hydrogen-bond donors (Lipinski definition) is 0. The molecule has 2 fully saturated rings. The summed E-state index contributed by atoms with van der Waals surface area (Å²) in [4.78, 5) is 2.59. The van der Waals surface area contributed by atoms with Gasteiger partial charge in [-0.1, -0.05) is 37.3 Å². The van der Waals surface area contributed by atoms with Gasteiger partial charge in [0.15, 0.2) is 0 Å². The third kappa shape index (κ3) is 4.80. The first-order chi connectivity index (χ1) is 11.5. The quantitative estimate of drug-likeness (QED) is 0.820. The van der Waals surface area contributed by atoms with E-state index in [1.165, 1.54) is 25.9 Å². The van der Waals surface area contributed by atoms with E-state index in [9.17, 15) is 8.42 Å². The van der Waals surface area contributed by atoms with Crippen molar-refractivity contribution in [3.8, 4) is 0 Å². The molecule has 1 aromatic carbocycles. The van der Waals surface area contributed by atoms with E-state index >= 15 is 0 Å². The molecule has 2 heterocycles. The Morgan fingerprint density at radius 3 is 2.42 bits per heavy atom. The fourth-order valence-electron chi connectivity index (χ4n) is 4.06. The van der Waals surface area contributed by atoms with Gasteiger partial charge in [-0.25, -0.2) is 12.7 Å². The van der Waals surface area contributed by atoms with Crippen LogP contribution in [0.25, 0.3) is 0 Å². The Bertz CT molecular complexity index is 610. The predicted molar refractivity (Wildman–Crippen MR) is 98.2 cm³/mol. The Morgan fingerprint density at radius 2 is 1.75 bits per heavy atom. The number of piperidine rings is 2. The van der Waals surface area contributed by atoms with Crippen molar-refractivity contribution in [2.45, 2.75) is 38.4 Å². The molecule has 5 heteroatoms. The van der Waals surface area contributed by atoms with E-state index in [2.05, 4.69) is 11.8 Å². The molecule has 2 aliphatic rings. The molecule has 4 nitrogen and oxygen atoms in total. The minimum Gasteiger partial charge on any atom is -0.303 e. The van der Waals surface area contributed by atoms with Gasteiger partial charge in [-0.2, -0.15) is 0 Å². The minimum atomic E-state index is -3.18. The normalized spacial score (nSPS) is 25.0. The average molecular weight is 351 g/mol. The first-order valence-electron chi connectivity index (χ1n) is 9.27. The Morgan fingerprint density at radius 1 is 1.04 bits per heavy atom. The van der Waals surface area contributed by atoms with Crippen LogP contribution >= 0.6 is 0 Å². The Hall–Kier alpha value is -0.910. The fraction of sp³-hybridized carbons (Fsp3) is 0.684. The number of rotatable bonds is 5. The van der Waals surface area contributed by atoms with Crippen molar-refractivity contribution < 1.29 is 8.42 Å². The molecule has 2 aliphatic heterocycles. The minimum absolute atomic E-state index is 0.127. The Kier molecular flexibility index (Phi) is 5.95. The second kappa shape index (κ2) is 7.98. The SMILES string of the molecule is CC1CCCN(CC2CCN(S(=O)(=O)Cc3ccccc3)CC2)C1. The van der Waals surface area contributed by atoms with Gasteiger partial charge in [-0.3, -0.25) is 0 Å². The molecule has 0 aromatic heterocycles. The maximum Gasteiger partial charge on any atom is 0.218 e. The van der Waals surface area contributed by atoms with E-state index in [4.69, 9.17) is 0 Å². The van der Waals surface area contributed by atoms with E-state index < -0.39 is 10.0 Å². The molecule has 0 bridgehead atoms. The molecule has 134 valence electrons. The number of nitrogens with zero attached hydrogens (tertiary/aromatic N) is 2. The third-order valence-corrected chi connectivity index (χ3v) is 7.27. The molecule has 0 aliphatic carbocycles. The second-order valence-electron chi connectivity index (χ2n) is 7.59. The Balaban J connectivity index is 1.49. The van der Waals surface area contributed by atoms with Crippen LogP contribution in [0.1, 0.15) is 38.2 Å². The molecule has 1 aromatic rings. The van der Waals surface area contributed by atoms with Crippen LogP contribution < -0.4 is 0 Å². The lowest BCUT2D eigenvalue weighted by atomic mass is 9.94. The first-order valence-corrected chi connectivity index (χ1v) is 10.9. The topological polar surface area (TPSA) is 40.6 Å². The van der Waals surface area contributed by atoms with Crippen molar-refractivity contribution in [3.05, 3.63) is 35.9 Å². The van der Waals surface area contributed by atoms with Crippen molar-refractivity contribution in [2.75, 3.05) is 32.7 Å². The molecule has 0 N–H and O–H groups in total. The number of hydrogen-bond acceptors (Lipinski definition) is 3. The van der Waals surface area contributed by atoms with Gasteiger partial charge >= 0.3 is 0 Å². The average Bonchev–Trinajstić information content (AvgIpc) is 2.56. The lowest BCUT2D eigenvalue weighted by Crippen LogP contribution is -2.43. The van der Waals surface area contributed by atoms with Gasteiger partial charge < -0.3 is 4.90 Å². The number of likely N-dealkylation sites (tertiary alicyclic amines) is 1. The van der Waals surface area contributed by atoms with E-state index in [-0.39, 0.29) is 5.75 Å². The van der Waals surface area contributed by atoms with Crippen LogP contribution in [-0.4, -0.2) is 50.3 Å². The van der Waals surface area contributed by atoms with E-state index in [1.807, 2.05) is 30.3 Å². The predicted octanol–water partition coefficient (Wildman–Crippen LogP) is 2.96. The van der Waals surface area contributed by atoms with E-state index in [1.54, 1.807) is 4.31 Å². The fourth-order valence-corrected chi connectivity index (χ4v) is 5.63. The van der Waals surface area contributed by atoms with Crippen LogP contribution in [0.5, 0.6) is 0 Å². The smallest absolute Gasteiger partial charge is 0.218 e. The monoisotopic (exact) mass is 350 g/mol. The molecular formula is C19H30N2O2S. The zero-order chi connectivity index (χ0) is 17.0. The van der Waals surface area contributed by atoms with Crippen LogP contribution in [0, 0.1) is 11.8 Å². The van der Waals surface area contributed by atoms with Crippen molar-refractivity contribution in [2.24, 2.45) is 11.8 Å². The summed E-state index contributed by atoms with van der Waals surface area (Å²) in [5, 5.41) is 0. The molecule has 3 rings (SSSR count). The van der Waals surface area contributed by atoms with Gasteiger partial charge in [-0.05, 0) is 49.6 Å². The van der Waals surface area contributed by atoms with Crippen molar-refractivity contribution >= 4 is 10.0 Å². The van der Waals surface area contributed by atoms with Crippen LogP contribution in [0.15, 0.2) is 30.3 Å². The highest BCUT2D eigenvalue weighted by atomic mass is 32.2. The molecule has 24 heavy (non-hydrogen) atoms. The molecular weight excluding hydrogens is 320 g/mol. The summed E-state index contributed by atoms with van der Waals surface area (Å²) in [6.45, 7) is 7.29. The highest BCUT2D eigenvalue weighted by Crippen LogP contribution is 2.24. The summed E-state index contributed by atoms with van der Waals surface area (Å²) in [6, 6.07) is 9.50. The molecule has 2 saturated heterocycles. The van der Waals surface area contributed by atoms with Gasteiger partial charge in [0.05, 0.1) is 5.75 Å². The summed E-state index contributed by atoms with van der Waals surface area (Å²) in [5.74, 6) is 1.59. The van der Waals surface area contributed by atoms with Crippen LogP contribution in [0.2, 0.25) is 0 Å². The van der Waals surface area contributed by atoms with Gasteiger partial charge in [0.2, 0.25) is 10.0 Å². The third-order valence-electron chi connectivity index (χ3n) is 5.42. The molecule has 0 spiro atoms. The summed E-state index contributed by atoms with van der Waals surface area (Å²) in [5.41, 5.74) is 0.877. The van der Waals surface area contributed by atoms with Crippen LogP contribution in [0.3, 0.4) is 0 Å². The Labute approximate surface area is 146 Å². The van der Waals surface area contributed by atoms with Crippen molar-refractivity contribution in [3.63, 3.8) is 0 Å². The summed E-state index contributed by atoms with van der Waals surface area (Å²) < 4.78 is 26.9. The zero-order valence-corrected chi connectivity index (χ0v) is 15.5.